The quantitative estimate of drug-likeness (QED) is 0.141. The van der Waals surface area contributed by atoms with Gasteiger partial charge in [-0.3, -0.25) is 0 Å². The number of hydrogen-bond acceptors (Lipinski definition) is 0. The van der Waals surface area contributed by atoms with Crippen molar-refractivity contribution in [1.29, 1.82) is 0 Å². The molecule has 0 aliphatic carbocycles. The third-order valence-electron chi connectivity index (χ3n) is 11.1. The van der Waals surface area contributed by atoms with Crippen molar-refractivity contribution in [3.63, 3.8) is 0 Å². The summed E-state index contributed by atoms with van der Waals surface area (Å²) in [6.07, 6.45) is 4.19. The Morgan fingerprint density at radius 1 is 0.278 bits per heavy atom. The Balaban J connectivity index is 1.00. The minimum atomic E-state index is 1.00. The van der Waals surface area contributed by atoms with Crippen LogP contribution in [0.15, 0.2) is 182 Å². The third kappa shape index (κ3) is 5.96. The van der Waals surface area contributed by atoms with Gasteiger partial charge in [0, 0.05) is 43.6 Å². The first-order chi connectivity index (χ1) is 26.7. The monoisotopic (exact) mass is 692 g/mol. The summed E-state index contributed by atoms with van der Waals surface area (Å²) in [4.78, 5) is 7.68. The number of benzene rings is 8. The number of H-pyrrole nitrogens is 2. The Hall–Kier alpha value is -6.64. The van der Waals surface area contributed by atoms with Crippen molar-refractivity contribution < 1.29 is 0 Å². The molecule has 0 saturated carbocycles. The van der Waals surface area contributed by atoms with Crippen molar-refractivity contribution in [2.24, 2.45) is 0 Å². The van der Waals surface area contributed by atoms with Gasteiger partial charge < -0.3 is 9.97 Å². The third-order valence-corrected chi connectivity index (χ3v) is 11.1. The van der Waals surface area contributed by atoms with Gasteiger partial charge in [0.2, 0.25) is 0 Å². The molecule has 10 aromatic rings. The maximum Gasteiger partial charge on any atom is 0.0497 e. The molecule has 2 aromatic heterocycles. The summed E-state index contributed by atoms with van der Waals surface area (Å²) in [5.74, 6) is 0. The number of hydrogen-bond donors (Lipinski definition) is 2. The standard InChI is InChI=1S/C52H40N2/c1-5-15-35(16-6-1)39-25-27-49-45(31-39)47-33-43(37-19-9-3-10-20-37)29-41(51(47)53-49)23-13-14-24-42-30-44(38-21-11-4-12-22-38)34-48-46-32-40(36-17-7-2-8-18-36)26-28-50(46)54-52(42)48/h1-12,15-22,25-34,53-54H,13-14,23-24H2. The molecule has 0 spiro atoms. The van der Waals surface area contributed by atoms with Crippen LogP contribution in [0.2, 0.25) is 0 Å². The number of fused-ring (bicyclic) bond motifs is 6. The van der Waals surface area contributed by atoms with Crippen LogP contribution in [0.1, 0.15) is 24.0 Å². The van der Waals surface area contributed by atoms with Crippen LogP contribution in [0.5, 0.6) is 0 Å². The second-order valence-electron chi connectivity index (χ2n) is 14.6. The van der Waals surface area contributed by atoms with Crippen molar-refractivity contribution in [3.8, 4) is 44.5 Å². The molecule has 0 unspecified atom stereocenters. The number of aryl methyl sites for hydroxylation is 2. The van der Waals surface area contributed by atoms with E-state index in [2.05, 4.69) is 192 Å². The molecule has 2 nitrogen and oxygen atoms in total. The summed E-state index contributed by atoms with van der Waals surface area (Å²) in [6, 6.07) is 66.3. The fraction of sp³-hybridized carbons (Fsp3) is 0.0769. The molecule has 0 atom stereocenters. The highest BCUT2D eigenvalue weighted by Crippen LogP contribution is 2.38. The summed E-state index contributed by atoms with van der Waals surface area (Å²) in [5, 5.41) is 5.15. The van der Waals surface area contributed by atoms with E-state index in [0.717, 1.165) is 25.7 Å². The van der Waals surface area contributed by atoms with Crippen LogP contribution in [0.3, 0.4) is 0 Å². The number of aromatic nitrogens is 2. The lowest BCUT2D eigenvalue weighted by atomic mass is 9.94. The predicted molar refractivity (Wildman–Crippen MR) is 230 cm³/mol. The molecular formula is C52H40N2. The van der Waals surface area contributed by atoms with Gasteiger partial charge >= 0.3 is 0 Å². The van der Waals surface area contributed by atoms with Crippen LogP contribution in [-0.2, 0) is 12.8 Å². The van der Waals surface area contributed by atoms with Gasteiger partial charge in [-0.25, -0.2) is 0 Å². The van der Waals surface area contributed by atoms with Gasteiger partial charge in [0.25, 0.3) is 0 Å². The van der Waals surface area contributed by atoms with Crippen LogP contribution >= 0.6 is 0 Å². The van der Waals surface area contributed by atoms with E-state index >= 15 is 0 Å². The van der Waals surface area contributed by atoms with Gasteiger partial charge in [0.15, 0.2) is 0 Å². The average Bonchev–Trinajstić information content (AvgIpc) is 3.81. The zero-order valence-electron chi connectivity index (χ0n) is 30.1. The normalized spacial score (nSPS) is 11.6. The lowest BCUT2D eigenvalue weighted by Crippen LogP contribution is -1.94. The number of aromatic amines is 2. The van der Waals surface area contributed by atoms with E-state index in [1.165, 1.54) is 99.2 Å². The smallest absolute Gasteiger partial charge is 0.0497 e. The molecule has 0 saturated heterocycles. The topological polar surface area (TPSA) is 31.6 Å². The molecule has 258 valence electrons. The lowest BCUT2D eigenvalue weighted by Gasteiger charge is -2.11. The van der Waals surface area contributed by atoms with Gasteiger partial charge in [-0.1, -0.05) is 133 Å². The molecule has 0 bridgehead atoms. The molecule has 0 aliphatic heterocycles. The Morgan fingerprint density at radius 3 is 0.981 bits per heavy atom. The first kappa shape index (κ1) is 32.0. The largest absolute Gasteiger partial charge is 0.354 e. The van der Waals surface area contributed by atoms with Gasteiger partial charge in [-0.05, 0) is 130 Å². The highest BCUT2D eigenvalue weighted by Gasteiger charge is 2.15. The zero-order valence-corrected chi connectivity index (χ0v) is 30.1. The minimum absolute atomic E-state index is 1.00. The van der Waals surface area contributed by atoms with E-state index < -0.39 is 0 Å². The Labute approximate surface area is 315 Å². The summed E-state index contributed by atoms with van der Waals surface area (Å²) in [5.41, 5.74) is 17.7. The fourth-order valence-electron chi connectivity index (χ4n) is 8.39. The highest BCUT2D eigenvalue weighted by atomic mass is 14.7. The molecule has 2 heterocycles. The first-order valence-electron chi connectivity index (χ1n) is 19.1. The molecule has 54 heavy (non-hydrogen) atoms. The van der Waals surface area contributed by atoms with Gasteiger partial charge in [0.1, 0.15) is 0 Å². The Bertz CT molecular complexity index is 2700. The molecule has 0 fully saturated rings. The molecule has 0 radical (unpaired) electrons. The molecule has 2 N–H and O–H groups in total. The zero-order chi connectivity index (χ0) is 35.8. The summed E-state index contributed by atoms with van der Waals surface area (Å²) in [7, 11) is 0. The summed E-state index contributed by atoms with van der Waals surface area (Å²) >= 11 is 0. The van der Waals surface area contributed by atoms with Crippen LogP contribution in [0.25, 0.3) is 88.1 Å². The Morgan fingerprint density at radius 2 is 0.611 bits per heavy atom. The van der Waals surface area contributed by atoms with Gasteiger partial charge in [0.05, 0.1) is 0 Å². The maximum atomic E-state index is 3.84. The van der Waals surface area contributed by atoms with E-state index in [1.54, 1.807) is 0 Å². The van der Waals surface area contributed by atoms with Crippen molar-refractivity contribution in [3.05, 3.63) is 193 Å². The van der Waals surface area contributed by atoms with Gasteiger partial charge in [-0.2, -0.15) is 0 Å². The molecule has 8 aromatic carbocycles. The number of unbranched alkanes of at least 4 members (excludes halogenated alkanes) is 1. The molecule has 0 aliphatic rings. The number of nitrogens with one attached hydrogen (secondary N) is 2. The van der Waals surface area contributed by atoms with E-state index in [0.29, 0.717) is 0 Å². The summed E-state index contributed by atoms with van der Waals surface area (Å²) in [6.45, 7) is 0. The lowest BCUT2D eigenvalue weighted by molar-refractivity contribution is 0.738. The first-order valence-corrected chi connectivity index (χ1v) is 19.1. The second kappa shape index (κ2) is 13.7. The highest BCUT2D eigenvalue weighted by molar-refractivity contribution is 6.12. The van der Waals surface area contributed by atoms with Crippen LogP contribution in [0.4, 0.5) is 0 Å². The SMILES string of the molecule is c1ccc(-c2ccc3[nH]c4c(CCCCc5cc(-c6ccccc6)cc6c5[nH]c5ccc(-c7ccccc7)cc56)cc(-c5ccccc5)cc4c3c2)cc1. The Kier molecular flexibility index (Phi) is 8.15. The average molecular weight is 693 g/mol. The van der Waals surface area contributed by atoms with Crippen molar-refractivity contribution in [1.82, 2.24) is 9.97 Å². The van der Waals surface area contributed by atoms with E-state index in [9.17, 15) is 0 Å². The van der Waals surface area contributed by atoms with E-state index in [4.69, 9.17) is 0 Å². The fourth-order valence-corrected chi connectivity index (χ4v) is 8.39. The molecular weight excluding hydrogens is 653 g/mol. The van der Waals surface area contributed by atoms with Crippen LogP contribution in [-0.4, -0.2) is 9.97 Å². The molecule has 2 heteroatoms. The van der Waals surface area contributed by atoms with Crippen LogP contribution in [0, 0.1) is 0 Å². The predicted octanol–water partition coefficient (Wildman–Crippen LogP) is 14.2. The molecule has 10 rings (SSSR count). The van der Waals surface area contributed by atoms with Crippen molar-refractivity contribution in [2.45, 2.75) is 25.7 Å². The van der Waals surface area contributed by atoms with Gasteiger partial charge in [-0.15, -0.1) is 0 Å². The van der Waals surface area contributed by atoms with E-state index in [-0.39, 0.29) is 0 Å². The summed E-state index contributed by atoms with van der Waals surface area (Å²) < 4.78 is 0. The van der Waals surface area contributed by atoms with Crippen LogP contribution < -0.4 is 0 Å². The molecule has 0 amide bonds. The van der Waals surface area contributed by atoms with E-state index in [1.807, 2.05) is 0 Å². The van der Waals surface area contributed by atoms with Crippen molar-refractivity contribution in [2.75, 3.05) is 0 Å². The maximum absolute atomic E-state index is 3.84. The second-order valence-corrected chi connectivity index (χ2v) is 14.6. The minimum Gasteiger partial charge on any atom is -0.354 e. The number of rotatable bonds is 9. The van der Waals surface area contributed by atoms with Crippen molar-refractivity contribution >= 4 is 43.6 Å².